The molecule has 0 radical (unpaired) electrons. The van der Waals surface area contributed by atoms with Crippen molar-refractivity contribution in [2.75, 3.05) is 27.3 Å². The van der Waals surface area contributed by atoms with E-state index in [-0.39, 0.29) is 11.6 Å². The molecule has 1 saturated heterocycles. The lowest BCUT2D eigenvalue weighted by Gasteiger charge is -2.24. The second-order valence-corrected chi connectivity index (χ2v) is 4.69. The number of ether oxygens (including phenoxy) is 2. The SMILES string of the molecule is COc1c(F)ccc(CC2CCCNC2)c1OC. The minimum absolute atomic E-state index is 0.207. The van der Waals surface area contributed by atoms with Gasteiger partial charge in [0.1, 0.15) is 0 Å². The van der Waals surface area contributed by atoms with E-state index >= 15 is 0 Å². The quantitative estimate of drug-likeness (QED) is 0.893. The van der Waals surface area contributed by atoms with Crippen molar-refractivity contribution in [3.05, 3.63) is 23.5 Å². The topological polar surface area (TPSA) is 30.5 Å². The molecule has 1 aromatic rings. The largest absolute Gasteiger partial charge is 0.492 e. The summed E-state index contributed by atoms with van der Waals surface area (Å²) >= 11 is 0. The van der Waals surface area contributed by atoms with E-state index in [1.807, 2.05) is 0 Å². The highest BCUT2D eigenvalue weighted by molar-refractivity contribution is 5.47. The Hall–Kier alpha value is -1.29. The van der Waals surface area contributed by atoms with Crippen LogP contribution in [-0.4, -0.2) is 27.3 Å². The third-order valence-electron chi connectivity index (χ3n) is 3.46. The van der Waals surface area contributed by atoms with Crippen LogP contribution in [0.4, 0.5) is 4.39 Å². The summed E-state index contributed by atoms with van der Waals surface area (Å²) in [6, 6.07) is 3.25. The normalized spacial score (nSPS) is 19.6. The van der Waals surface area contributed by atoms with Gasteiger partial charge in [-0.15, -0.1) is 0 Å². The van der Waals surface area contributed by atoms with Crippen LogP contribution in [-0.2, 0) is 6.42 Å². The van der Waals surface area contributed by atoms with Crippen molar-refractivity contribution in [1.82, 2.24) is 5.32 Å². The maximum Gasteiger partial charge on any atom is 0.197 e. The maximum atomic E-state index is 13.6. The first-order valence-corrected chi connectivity index (χ1v) is 6.36. The van der Waals surface area contributed by atoms with Gasteiger partial charge in [0, 0.05) is 0 Å². The van der Waals surface area contributed by atoms with Gasteiger partial charge in [0.15, 0.2) is 17.3 Å². The fourth-order valence-electron chi connectivity index (χ4n) is 2.56. The standard InChI is InChI=1S/C14H20FNO2/c1-17-13-11(5-6-12(15)14(13)18-2)8-10-4-3-7-16-9-10/h5-6,10,16H,3-4,7-9H2,1-2H3. The fourth-order valence-corrected chi connectivity index (χ4v) is 2.56. The number of hydrogen-bond donors (Lipinski definition) is 1. The monoisotopic (exact) mass is 253 g/mol. The highest BCUT2D eigenvalue weighted by Gasteiger charge is 2.19. The van der Waals surface area contributed by atoms with Crippen molar-refractivity contribution >= 4 is 0 Å². The maximum absolute atomic E-state index is 13.6. The number of nitrogens with one attached hydrogen (secondary N) is 1. The highest BCUT2D eigenvalue weighted by atomic mass is 19.1. The molecule has 1 N–H and O–H groups in total. The van der Waals surface area contributed by atoms with Gasteiger partial charge in [-0.1, -0.05) is 6.07 Å². The Morgan fingerprint density at radius 2 is 2.06 bits per heavy atom. The van der Waals surface area contributed by atoms with Gasteiger partial charge in [0.25, 0.3) is 0 Å². The third kappa shape index (κ3) is 2.75. The molecule has 1 aliphatic rings. The molecular weight excluding hydrogens is 233 g/mol. The summed E-state index contributed by atoms with van der Waals surface area (Å²) in [6.45, 7) is 2.11. The summed E-state index contributed by atoms with van der Waals surface area (Å²) in [7, 11) is 3.02. The van der Waals surface area contributed by atoms with Crippen molar-refractivity contribution in [1.29, 1.82) is 0 Å². The zero-order chi connectivity index (χ0) is 13.0. The number of halogens is 1. The third-order valence-corrected chi connectivity index (χ3v) is 3.46. The molecule has 0 bridgehead atoms. The van der Waals surface area contributed by atoms with Gasteiger partial charge in [0.05, 0.1) is 14.2 Å². The lowest BCUT2D eigenvalue weighted by molar-refractivity contribution is 0.327. The van der Waals surface area contributed by atoms with Crippen LogP contribution in [0, 0.1) is 11.7 Å². The Bertz CT molecular complexity index is 403. The van der Waals surface area contributed by atoms with Crippen molar-refractivity contribution < 1.29 is 13.9 Å². The molecule has 0 saturated carbocycles. The first-order chi connectivity index (χ1) is 8.76. The summed E-state index contributed by atoms with van der Waals surface area (Å²) in [5.41, 5.74) is 1.02. The zero-order valence-electron chi connectivity index (χ0n) is 11.0. The van der Waals surface area contributed by atoms with Crippen LogP contribution >= 0.6 is 0 Å². The van der Waals surface area contributed by atoms with Crippen molar-refractivity contribution in [3.63, 3.8) is 0 Å². The zero-order valence-corrected chi connectivity index (χ0v) is 11.0. The van der Waals surface area contributed by atoms with E-state index in [2.05, 4.69) is 5.32 Å². The molecule has 4 heteroatoms. The molecule has 0 aromatic heterocycles. The van der Waals surface area contributed by atoms with Crippen LogP contribution in [0.15, 0.2) is 12.1 Å². The predicted molar refractivity (Wildman–Crippen MR) is 68.8 cm³/mol. The van der Waals surface area contributed by atoms with Gasteiger partial charge in [-0.25, -0.2) is 4.39 Å². The molecule has 18 heavy (non-hydrogen) atoms. The van der Waals surface area contributed by atoms with Crippen LogP contribution < -0.4 is 14.8 Å². The van der Waals surface area contributed by atoms with Gasteiger partial charge in [-0.3, -0.25) is 0 Å². The lowest BCUT2D eigenvalue weighted by Crippen LogP contribution is -2.30. The average Bonchev–Trinajstić information content (AvgIpc) is 2.41. The Kier molecular flexibility index (Phi) is 4.42. The van der Waals surface area contributed by atoms with Gasteiger partial charge < -0.3 is 14.8 Å². The minimum Gasteiger partial charge on any atom is -0.492 e. The number of piperidine rings is 1. The molecule has 1 atom stereocenters. The Balaban J connectivity index is 2.21. The second kappa shape index (κ2) is 6.05. The van der Waals surface area contributed by atoms with Crippen molar-refractivity contribution in [3.8, 4) is 11.5 Å². The Labute approximate surface area is 107 Å². The predicted octanol–water partition coefficient (Wildman–Crippen LogP) is 2.39. The first kappa shape index (κ1) is 13.1. The number of methoxy groups -OCH3 is 2. The second-order valence-electron chi connectivity index (χ2n) is 4.69. The molecule has 0 spiro atoms. The smallest absolute Gasteiger partial charge is 0.197 e. The Morgan fingerprint density at radius 1 is 1.28 bits per heavy atom. The van der Waals surface area contributed by atoms with E-state index in [1.165, 1.54) is 26.0 Å². The molecule has 1 unspecified atom stereocenters. The van der Waals surface area contributed by atoms with Crippen LogP contribution in [0.5, 0.6) is 11.5 Å². The van der Waals surface area contributed by atoms with E-state index in [4.69, 9.17) is 9.47 Å². The van der Waals surface area contributed by atoms with Crippen LogP contribution in [0.1, 0.15) is 18.4 Å². The molecule has 1 heterocycles. The van der Waals surface area contributed by atoms with Crippen LogP contribution in [0.25, 0.3) is 0 Å². The first-order valence-electron chi connectivity index (χ1n) is 6.36. The van der Waals surface area contributed by atoms with Gasteiger partial charge >= 0.3 is 0 Å². The summed E-state index contributed by atoms with van der Waals surface area (Å²) < 4.78 is 24.0. The van der Waals surface area contributed by atoms with Gasteiger partial charge in [-0.2, -0.15) is 0 Å². The highest BCUT2D eigenvalue weighted by Crippen LogP contribution is 2.35. The molecule has 3 nitrogen and oxygen atoms in total. The molecular formula is C14H20FNO2. The van der Waals surface area contributed by atoms with E-state index in [0.717, 1.165) is 25.1 Å². The number of hydrogen-bond acceptors (Lipinski definition) is 3. The average molecular weight is 253 g/mol. The fraction of sp³-hybridized carbons (Fsp3) is 0.571. The molecule has 0 amide bonds. The van der Waals surface area contributed by atoms with E-state index in [1.54, 1.807) is 13.2 Å². The van der Waals surface area contributed by atoms with Crippen molar-refractivity contribution in [2.45, 2.75) is 19.3 Å². The van der Waals surface area contributed by atoms with Crippen LogP contribution in [0.3, 0.4) is 0 Å². The molecule has 1 aromatic carbocycles. The summed E-state index contributed by atoms with van der Waals surface area (Å²) in [5, 5.41) is 3.39. The van der Waals surface area contributed by atoms with E-state index in [0.29, 0.717) is 11.7 Å². The van der Waals surface area contributed by atoms with E-state index in [9.17, 15) is 4.39 Å². The van der Waals surface area contributed by atoms with Gasteiger partial charge in [-0.05, 0) is 49.9 Å². The number of benzene rings is 1. The number of rotatable bonds is 4. The summed E-state index contributed by atoms with van der Waals surface area (Å²) in [5.74, 6) is 0.949. The summed E-state index contributed by atoms with van der Waals surface area (Å²) in [4.78, 5) is 0. The van der Waals surface area contributed by atoms with Gasteiger partial charge in [0.2, 0.25) is 0 Å². The minimum atomic E-state index is -0.375. The van der Waals surface area contributed by atoms with Crippen molar-refractivity contribution in [2.24, 2.45) is 5.92 Å². The summed E-state index contributed by atoms with van der Waals surface area (Å²) in [6.07, 6.45) is 3.30. The molecule has 2 rings (SSSR count). The molecule has 100 valence electrons. The molecule has 1 fully saturated rings. The molecule has 0 aliphatic carbocycles. The lowest BCUT2D eigenvalue weighted by atomic mass is 9.92. The van der Waals surface area contributed by atoms with Crippen LogP contribution in [0.2, 0.25) is 0 Å². The molecule has 1 aliphatic heterocycles. The Morgan fingerprint density at radius 3 is 2.67 bits per heavy atom. The van der Waals surface area contributed by atoms with E-state index < -0.39 is 0 Å².